The molecule has 0 aliphatic carbocycles. The molecule has 2 heterocycles. The highest BCUT2D eigenvalue weighted by atomic mass is 16.4. The van der Waals surface area contributed by atoms with E-state index < -0.39 is 29.7 Å². The fraction of sp³-hybridized carbons (Fsp3) is 0.444. The lowest BCUT2D eigenvalue weighted by molar-refractivity contribution is -0.141. The van der Waals surface area contributed by atoms with E-state index in [0.717, 1.165) is 4.90 Å². The van der Waals surface area contributed by atoms with Crippen molar-refractivity contribution in [3.8, 4) is 0 Å². The summed E-state index contributed by atoms with van der Waals surface area (Å²) in [6.07, 6.45) is 0.315. The molecule has 1 amide bonds. The van der Waals surface area contributed by atoms with Gasteiger partial charge in [0.15, 0.2) is 0 Å². The lowest BCUT2D eigenvalue weighted by atomic mass is 10.2. The molecule has 0 saturated carbocycles. The van der Waals surface area contributed by atoms with Gasteiger partial charge in [0.1, 0.15) is 11.7 Å². The molecule has 1 aromatic heterocycles. The number of carboxylic acids is 1. The fourth-order valence-electron chi connectivity index (χ4n) is 1.87. The highest BCUT2D eigenvalue weighted by molar-refractivity contribution is 5.95. The Labute approximate surface area is 94.9 Å². The number of hydrogen-bond donors (Lipinski definition) is 4. The van der Waals surface area contributed by atoms with Gasteiger partial charge in [0, 0.05) is 19.2 Å². The minimum atomic E-state index is -1.17. The number of hydrogen-bond acceptors (Lipinski definition) is 4. The van der Waals surface area contributed by atoms with Crippen molar-refractivity contribution in [3.63, 3.8) is 0 Å². The molecule has 2 atom stereocenters. The minimum absolute atomic E-state index is 0.00424. The summed E-state index contributed by atoms with van der Waals surface area (Å²) in [4.78, 5) is 39.2. The Hall–Kier alpha value is -2.09. The van der Waals surface area contributed by atoms with E-state index in [9.17, 15) is 19.5 Å². The van der Waals surface area contributed by atoms with E-state index in [2.05, 4.69) is 9.97 Å². The van der Waals surface area contributed by atoms with Gasteiger partial charge in [-0.2, -0.15) is 0 Å². The number of nitrogens with zero attached hydrogens (tertiary/aromatic N) is 1. The van der Waals surface area contributed by atoms with Crippen LogP contribution in [0.2, 0.25) is 0 Å². The first-order valence-electron chi connectivity index (χ1n) is 4.98. The average Bonchev–Trinajstić information content (AvgIpc) is 2.83. The first-order valence-corrected chi connectivity index (χ1v) is 4.98. The summed E-state index contributed by atoms with van der Waals surface area (Å²) in [7, 11) is 0. The van der Waals surface area contributed by atoms with Gasteiger partial charge in [-0.25, -0.2) is 9.59 Å². The molecule has 1 saturated heterocycles. The van der Waals surface area contributed by atoms with Gasteiger partial charge in [-0.1, -0.05) is 0 Å². The van der Waals surface area contributed by atoms with E-state index >= 15 is 0 Å². The predicted octanol–water partition coefficient (Wildman–Crippen LogP) is -1.64. The van der Waals surface area contributed by atoms with E-state index in [-0.39, 0.29) is 18.7 Å². The molecule has 0 unspecified atom stereocenters. The SMILES string of the molecule is O=C(O)[C@@H]1C[C@H](O)CN1C(=O)c1c[nH]c(=O)[nH]1. The molecule has 0 spiro atoms. The van der Waals surface area contributed by atoms with E-state index in [0.29, 0.717) is 0 Å². The summed E-state index contributed by atoms with van der Waals surface area (Å²) in [6.45, 7) is -0.0526. The zero-order chi connectivity index (χ0) is 12.6. The normalized spacial score (nSPS) is 23.9. The number of aromatic amines is 2. The summed E-state index contributed by atoms with van der Waals surface area (Å²) < 4.78 is 0. The Morgan fingerprint density at radius 1 is 1.47 bits per heavy atom. The van der Waals surface area contributed by atoms with Crippen LogP contribution in [-0.4, -0.2) is 55.6 Å². The van der Waals surface area contributed by atoms with Crippen molar-refractivity contribution in [2.75, 3.05) is 6.54 Å². The van der Waals surface area contributed by atoms with Gasteiger partial charge >= 0.3 is 11.7 Å². The number of carbonyl (C=O) groups excluding carboxylic acids is 1. The van der Waals surface area contributed by atoms with Crippen LogP contribution in [0, 0.1) is 0 Å². The van der Waals surface area contributed by atoms with Gasteiger partial charge in [-0.15, -0.1) is 0 Å². The molecule has 8 heteroatoms. The van der Waals surface area contributed by atoms with Crippen molar-refractivity contribution in [2.45, 2.75) is 18.6 Å². The lowest BCUT2D eigenvalue weighted by Gasteiger charge is -2.19. The number of aliphatic hydroxyl groups is 1. The quantitative estimate of drug-likeness (QED) is 0.494. The summed E-state index contributed by atoms with van der Waals surface area (Å²) in [6, 6.07) is -1.06. The third-order valence-corrected chi connectivity index (χ3v) is 2.65. The summed E-state index contributed by atoms with van der Waals surface area (Å²) in [5.41, 5.74) is -0.560. The number of amides is 1. The number of aliphatic carboxylic acids is 1. The highest BCUT2D eigenvalue weighted by Gasteiger charge is 2.39. The van der Waals surface area contributed by atoms with Crippen molar-refractivity contribution in [3.05, 3.63) is 22.4 Å². The lowest BCUT2D eigenvalue weighted by Crippen LogP contribution is -2.40. The first-order chi connectivity index (χ1) is 7.99. The molecule has 0 aromatic carbocycles. The zero-order valence-corrected chi connectivity index (χ0v) is 8.71. The molecule has 1 aliphatic heterocycles. The second kappa shape index (κ2) is 4.06. The van der Waals surface area contributed by atoms with E-state index in [1.54, 1.807) is 0 Å². The molecule has 0 radical (unpaired) electrons. The number of aromatic nitrogens is 2. The van der Waals surface area contributed by atoms with Crippen LogP contribution < -0.4 is 5.69 Å². The number of carboxylic acid groups (broad SMARTS) is 1. The minimum Gasteiger partial charge on any atom is -0.480 e. The number of carbonyl (C=O) groups is 2. The van der Waals surface area contributed by atoms with Crippen molar-refractivity contribution in [1.29, 1.82) is 0 Å². The Bertz CT molecular complexity index is 505. The maximum absolute atomic E-state index is 11.9. The van der Waals surface area contributed by atoms with Crippen molar-refractivity contribution in [1.82, 2.24) is 14.9 Å². The number of rotatable bonds is 2. The Kier molecular flexibility index (Phi) is 2.72. The smallest absolute Gasteiger partial charge is 0.326 e. The van der Waals surface area contributed by atoms with Crippen molar-refractivity contribution in [2.24, 2.45) is 0 Å². The van der Waals surface area contributed by atoms with Crippen LogP contribution in [0.5, 0.6) is 0 Å². The third kappa shape index (κ3) is 2.07. The van der Waals surface area contributed by atoms with Crippen LogP contribution in [0.25, 0.3) is 0 Å². The van der Waals surface area contributed by atoms with E-state index in [1.807, 2.05) is 0 Å². The zero-order valence-electron chi connectivity index (χ0n) is 8.71. The highest BCUT2D eigenvalue weighted by Crippen LogP contribution is 2.19. The van der Waals surface area contributed by atoms with Crippen molar-refractivity contribution < 1.29 is 19.8 Å². The summed E-state index contributed by atoms with van der Waals surface area (Å²) >= 11 is 0. The molecule has 4 N–H and O–H groups in total. The van der Waals surface area contributed by atoms with Crippen LogP contribution in [0.1, 0.15) is 16.9 Å². The van der Waals surface area contributed by atoms with Crippen LogP contribution in [-0.2, 0) is 4.79 Å². The molecule has 1 aromatic rings. The summed E-state index contributed by atoms with van der Waals surface area (Å²) in [5, 5.41) is 18.3. The van der Waals surface area contributed by atoms with Gasteiger partial charge in [-0.3, -0.25) is 4.79 Å². The van der Waals surface area contributed by atoms with Crippen molar-refractivity contribution >= 4 is 11.9 Å². The van der Waals surface area contributed by atoms with Gasteiger partial charge in [-0.05, 0) is 0 Å². The second-order valence-electron chi connectivity index (χ2n) is 3.86. The maximum atomic E-state index is 11.9. The number of H-pyrrole nitrogens is 2. The van der Waals surface area contributed by atoms with E-state index in [4.69, 9.17) is 5.11 Å². The standard InChI is InChI=1S/C9H11N3O5/c13-4-1-6(8(15)16)12(3-4)7(14)5-2-10-9(17)11-5/h2,4,6,13H,1,3H2,(H,15,16)(H2,10,11,17)/t4-,6-/m0/s1. The number of nitrogens with one attached hydrogen (secondary N) is 2. The Balaban J connectivity index is 2.24. The number of imidazole rings is 1. The first kappa shape index (κ1) is 11.4. The Morgan fingerprint density at radius 2 is 2.18 bits per heavy atom. The van der Waals surface area contributed by atoms with Gasteiger partial charge in [0.25, 0.3) is 5.91 Å². The maximum Gasteiger partial charge on any atom is 0.326 e. The van der Waals surface area contributed by atoms with E-state index in [1.165, 1.54) is 6.20 Å². The molecule has 0 bridgehead atoms. The topological polar surface area (TPSA) is 126 Å². The molecular weight excluding hydrogens is 230 g/mol. The molecule has 1 fully saturated rings. The molecule has 2 rings (SSSR count). The fourth-order valence-corrected chi connectivity index (χ4v) is 1.87. The monoisotopic (exact) mass is 241 g/mol. The predicted molar refractivity (Wildman–Crippen MR) is 54.5 cm³/mol. The van der Waals surface area contributed by atoms with Crippen LogP contribution in [0.3, 0.4) is 0 Å². The Morgan fingerprint density at radius 3 is 2.71 bits per heavy atom. The number of likely N-dealkylation sites (tertiary alicyclic amines) is 1. The van der Waals surface area contributed by atoms with Crippen LogP contribution in [0.15, 0.2) is 11.0 Å². The number of β-amino-alcohol motifs (C(OH)–C–C–N with tert-alkyl or cyclic N) is 1. The van der Waals surface area contributed by atoms with Gasteiger partial charge in [0.05, 0.1) is 6.10 Å². The molecule has 1 aliphatic rings. The number of aliphatic hydroxyl groups excluding tert-OH is 1. The molecular formula is C9H11N3O5. The molecule has 8 nitrogen and oxygen atoms in total. The van der Waals surface area contributed by atoms with Gasteiger partial charge < -0.3 is 25.1 Å². The van der Waals surface area contributed by atoms with Crippen LogP contribution in [0.4, 0.5) is 0 Å². The summed E-state index contributed by atoms with van der Waals surface area (Å²) in [5.74, 6) is -1.79. The van der Waals surface area contributed by atoms with Crippen LogP contribution >= 0.6 is 0 Å². The largest absolute Gasteiger partial charge is 0.480 e. The molecule has 17 heavy (non-hydrogen) atoms. The van der Waals surface area contributed by atoms with Gasteiger partial charge in [0.2, 0.25) is 0 Å². The average molecular weight is 241 g/mol. The molecule has 92 valence electrons. The second-order valence-corrected chi connectivity index (χ2v) is 3.86. The third-order valence-electron chi connectivity index (χ3n) is 2.65.